The number of nitrogens with zero attached hydrogens (tertiary/aromatic N) is 2. The zero-order chi connectivity index (χ0) is 7.72. The van der Waals surface area contributed by atoms with Crippen molar-refractivity contribution in [1.82, 2.24) is 9.55 Å². The van der Waals surface area contributed by atoms with Gasteiger partial charge in [-0.25, -0.2) is 4.98 Å². The highest BCUT2D eigenvalue weighted by molar-refractivity contribution is 6.30. The van der Waals surface area contributed by atoms with E-state index in [1.54, 1.807) is 6.33 Å². The van der Waals surface area contributed by atoms with Crippen molar-refractivity contribution in [3.8, 4) is 0 Å². The van der Waals surface area contributed by atoms with E-state index < -0.39 is 0 Å². The maximum atomic E-state index is 5.81. The fourth-order valence-electron chi connectivity index (χ4n) is 1.06. The molecule has 1 aromatic heterocycles. The summed E-state index contributed by atoms with van der Waals surface area (Å²) >= 11 is 5.81. The molecule has 0 atom stereocenters. The van der Waals surface area contributed by atoms with Gasteiger partial charge < -0.3 is 4.57 Å². The zero-order valence-electron chi connectivity index (χ0n) is 6.43. The maximum absolute atomic E-state index is 5.81. The van der Waals surface area contributed by atoms with Gasteiger partial charge in [0.05, 0.1) is 12.0 Å². The highest BCUT2D eigenvalue weighted by Gasteiger charge is 2.08. The first kappa shape index (κ1) is 7.61. The third-order valence-electron chi connectivity index (χ3n) is 1.48. The van der Waals surface area contributed by atoms with Gasteiger partial charge in [-0.3, -0.25) is 0 Å². The van der Waals surface area contributed by atoms with Crippen molar-refractivity contribution in [1.29, 1.82) is 0 Å². The van der Waals surface area contributed by atoms with Crippen LogP contribution in [0.5, 0.6) is 0 Å². The first-order chi connectivity index (χ1) is 4.63. The minimum absolute atomic E-state index is 0.444. The zero-order valence-corrected chi connectivity index (χ0v) is 7.18. The number of imidazole rings is 1. The molecule has 56 valence electrons. The number of hydrogen-bond donors (Lipinski definition) is 0. The Bertz CT molecular complexity index is 208. The summed E-state index contributed by atoms with van der Waals surface area (Å²) in [5, 5.41) is 0.623. The van der Waals surface area contributed by atoms with E-state index in [0.29, 0.717) is 11.1 Å². The molecule has 0 unspecified atom stereocenters. The molecule has 0 fully saturated rings. The first-order valence-electron chi connectivity index (χ1n) is 3.29. The summed E-state index contributed by atoms with van der Waals surface area (Å²) in [4.78, 5) is 3.97. The van der Waals surface area contributed by atoms with E-state index in [4.69, 9.17) is 11.6 Å². The molecule has 0 aliphatic rings. The summed E-state index contributed by atoms with van der Waals surface area (Å²) in [6.07, 6.45) is 1.73. The molecule has 0 radical (unpaired) electrons. The van der Waals surface area contributed by atoms with Crippen LogP contribution in [0.4, 0.5) is 0 Å². The van der Waals surface area contributed by atoms with E-state index in [0.717, 1.165) is 5.69 Å². The second-order valence-corrected chi connectivity index (χ2v) is 3.04. The van der Waals surface area contributed by atoms with E-state index >= 15 is 0 Å². The number of halogens is 1. The van der Waals surface area contributed by atoms with E-state index in [1.807, 2.05) is 11.6 Å². The first-order valence-corrected chi connectivity index (χ1v) is 3.67. The van der Waals surface area contributed by atoms with Gasteiger partial charge in [-0.2, -0.15) is 0 Å². The van der Waals surface area contributed by atoms with Crippen molar-refractivity contribution in [2.24, 2.45) is 7.05 Å². The Labute approximate surface area is 65.8 Å². The van der Waals surface area contributed by atoms with Crippen LogP contribution in [-0.2, 0) is 7.05 Å². The Morgan fingerprint density at radius 3 is 2.40 bits per heavy atom. The molecule has 0 bridgehead atoms. The average molecular weight is 159 g/mol. The SMILES string of the molecule is CC(C)c1c(Cl)ncn1C. The fraction of sp³-hybridized carbons (Fsp3) is 0.571. The van der Waals surface area contributed by atoms with Crippen LogP contribution in [0.3, 0.4) is 0 Å². The fourth-order valence-corrected chi connectivity index (χ4v) is 1.45. The maximum Gasteiger partial charge on any atom is 0.150 e. The molecular formula is C7H11ClN2. The minimum atomic E-state index is 0.444. The third kappa shape index (κ3) is 1.16. The van der Waals surface area contributed by atoms with E-state index in [-0.39, 0.29) is 0 Å². The Morgan fingerprint density at radius 2 is 2.20 bits per heavy atom. The van der Waals surface area contributed by atoms with E-state index in [1.165, 1.54) is 0 Å². The summed E-state index contributed by atoms with van der Waals surface area (Å²) in [6, 6.07) is 0. The molecule has 0 aromatic carbocycles. The molecule has 0 aliphatic heterocycles. The number of aromatic nitrogens is 2. The molecule has 1 heterocycles. The van der Waals surface area contributed by atoms with Crippen LogP contribution in [0.1, 0.15) is 25.5 Å². The Morgan fingerprint density at radius 1 is 1.60 bits per heavy atom. The average Bonchev–Trinajstić information content (AvgIpc) is 2.11. The molecule has 1 rings (SSSR count). The molecule has 0 saturated carbocycles. The molecule has 2 nitrogen and oxygen atoms in total. The van der Waals surface area contributed by atoms with Gasteiger partial charge in [0.25, 0.3) is 0 Å². The summed E-state index contributed by atoms with van der Waals surface area (Å²) in [5.41, 5.74) is 1.10. The van der Waals surface area contributed by atoms with Crippen LogP contribution in [0.15, 0.2) is 6.33 Å². The Balaban J connectivity index is 3.10. The summed E-state index contributed by atoms with van der Waals surface area (Å²) in [6.45, 7) is 4.20. The molecule has 0 spiro atoms. The molecule has 0 aliphatic carbocycles. The van der Waals surface area contributed by atoms with Gasteiger partial charge in [-0.1, -0.05) is 25.4 Å². The topological polar surface area (TPSA) is 17.8 Å². The molecule has 10 heavy (non-hydrogen) atoms. The van der Waals surface area contributed by atoms with Gasteiger partial charge in [0.2, 0.25) is 0 Å². The van der Waals surface area contributed by atoms with Gasteiger partial charge in [0.1, 0.15) is 5.15 Å². The molecule has 0 N–H and O–H groups in total. The van der Waals surface area contributed by atoms with Crippen LogP contribution < -0.4 is 0 Å². The molecule has 3 heteroatoms. The lowest BCUT2D eigenvalue weighted by Crippen LogP contribution is -1.96. The monoisotopic (exact) mass is 158 g/mol. The van der Waals surface area contributed by atoms with Crippen molar-refractivity contribution >= 4 is 11.6 Å². The molecule has 0 amide bonds. The molecule has 1 aromatic rings. The highest BCUT2D eigenvalue weighted by atomic mass is 35.5. The summed E-state index contributed by atoms with van der Waals surface area (Å²) < 4.78 is 1.95. The lowest BCUT2D eigenvalue weighted by atomic mass is 10.1. The van der Waals surface area contributed by atoms with Crippen LogP contribution in [-0.4, -0.2) is 9.55 Å². The lowest BCUT2D eigenvalue weighted by molar-refractivity contribution is 0.741. The highest BCUT2D eigenvalue weighted by Crippen LogP contribution is 2.21. The third-order valence-corrected chi connectivity index (χ3v) is 1.77. The Kier molecular flexibility index (Phi) is 2.00. The van der Waals surface area contributed by atoms with Crippen LogP contribution in [0.25, 0.3) is 0 Å². The Hall–Kier alpha value is -0.500. The van der Waals surface area contributed by atoms with Gasteiger partial charge in [0.15, 0.2) is 0 Å². The van der Waals surface area contributed by atoms with Crippen molar-refractivity contribution in [3.05, 3.63) is 17.2 Å². The van der Waals surface area contributed by atoms with Gasteiger partial charge in [-0.15, -0.1) is 0 Å². The number of aryl methyl sites for hydroxylation is 1. The van der Waals surface area contributed by atoms with Gasteiger partial charge >= 0.3 is 0 Å². The smallest absolute Gasteiger partial charge is 0.150 e. The van der Waals surface area contributed by atoms with Crippen molar-refractivity contribution in [2.45, 2.75) is 19.8 Å². The quantitative estimate of drug-likeness (QED) is 0.613. The van der Waals surface area contributed by atoms with Crippen LogP contribution in [0.2, 0.25) is 5.15 Å². The number of hydrogen-bond acceptors (Lipinski definition) is 1. The van der Waals surface area contributed by atoms with Crippen molar-refractivity contribution in [3.63, 3.8) is 0 Å². The lowest BCUT2D eigenvalue weighted by Gasteiger charge is -2.04. The largest absolute Gasteiger partial charge is 0.336 e. The standard InChI is InChI=1S/C7H11ClN2/c1-5(2)6-7(8)9-4-10(6)3/h4-5H,1-3H3. The summed E-state index contributed by atoms with van der Waals surface area (Å²) in [5.74, 6) is 0.444. The predicted molar refractivity (Wildman–Crippen MR) is 42.3 cm³/mol. The second kappa shape index (κ2) is 2.62. The van der Waals surface area contributed by atoms with Crippen LogP contribution >= 0.6 is 11.6 Å². The van der Waals surface area contributed by atoms with E-state index in [2.05, 4.69) is 18.8 Å². The van der Waals surface area contributed by atoms with E-state index in [9.17, 15) is 0 Å². The van der Waals surface area contributed by atoms with Crippen molar-refractivity contribution in [2.75, 3.05) is 0 Å². The summed E-state index contributed by atoms with van der Waals surface area (Å²) in [7, 11) is 1.95. The second-order valence-electron chi connectivity index (χ2n) is 2.69. The normalized spacial score (nSPS) is 10.9. The minimum Gasteiger partial charge on any atom is -0.336 e. The molecular weight excluding hydrogens is 148 g/mol. The number of rotatable bonds is 1. The van der Waals surface area contributed by atoms with Crippen LogP contribution in [0, 0.1) is 0 Å². The predicted octanol–water partition coefficient (Wildman–Crippen LogP) is 2.20. The van der Waals surface area contributed by atoms with Crippen molar-refractivity contribution < 1.29 is 0 Å². The van der Waals surface area contributed by atoms with Gasteiger partial charge in [0, 0.05) is 7.05 Å². The van der Waals surface area contributed by atoms with Gasteiger partial charge in [-0.05, 0) is 5.92 Å². The molecule has 0 saturated heterocycles.